The van der Waals surface area contributed by atoms with Crippen LogP contribution in [0, 0.1) is 6.92 Å². The first kappa shape index (κ1) is 28.0. The van der Waals surface area contributed by atoms with Gasteiger partial charge in [-0.3, -0.25) is 4.79 Å². The van der Waals surface area contributed by atoms with Crippen LogP contribution in [0.3, 0.4) is 0 Å². The van der Waals surface area contributed by atoms with Crippen molar-refractivity contribution in [1.82, 2.24) is 5.32 Å². The summed E-state index contributed by atoms with van der Waals surface area (Å²) in [5, 5.41) is 23.3. The van der Waals surface area contributed by atoms with E-state index in [1.165, 1.54) is 6.92 Å². The van der Waals surface area contributed by atoms with E-state index in [0.717, 1.165) is 23.1 Å². The summed E-state index contributed by atoms with van der Waals surface area (Å²) in [6.07, 6.45) is 0.605. The van der Waals surface area contributed by atoms with Gasteiger partial charge in [0, 0.05) is 25.1 Å². The fourth-order valence-corrected chi connectivity index (χ4v) is 4.82. The highest BCUT2D eigenvalue weighted by Crippen LogP contribution is 2.40. The molecule has 0 spiro atoms. The molecule has 34 heavy (non-hydrogen) atoms. The molecule has 0 heterocycles. The lowest BCUT2D eigenvalue weighted by molar-refractivity contribution is -0.131. The zero-order valence-electron chi connectivity index (χ0n) is 21.9. The van der Waals surface area contributed by atoms with E-state index in [-0.39, 0.29) is 35.5 Å². The number of aliphatic hydroxyl groups is 1. The van der Waals surface area contributed by atoms with Gasteiger partial charge in [0.1, 0.15) is 11.5 Å². The predicted molar refractivity (Wildman–Crippen MR) is 139 cm³/mol. The van der Waals surface area contributed by atoms with Crippen LogP contribution in [0.25, 0.3) is 0 Å². The molecule has 2 aromatic carbocycles. The van der Waals surface area contributed by atoms with Crippen LogP contribution < -0.4 is 10.1 Å². The SMILES string of the molecule is CC(=O)Oc1ccc(C[C@@H](C)NC[C@H](O[Si](C)(C)C(C)(C)C)c2ccc(O)c(CO)c2)cc1C. The van der Waals surface area contributed by atoms with E-state index < -0.39 is 8.32 Å². The fraction of sp³-hybridized carbons (Fsp3) is 0.519. The lowest BCUT2D eigenvalue weighted by Crippen LogP contribution is -2.44. The van der Waals surface area contributed by atoms with Gasteiger partial charge in [0.05, 0.1) is 12.7 Å². The third kappa shape index (κ3) is 7.66. The van der Waals surface area contributed by atoms with Crippen LogP contribution in [0.2, 0.25) is 18.1 Å². The molecule has 0 fully saturated rings. The van der Waals surface area contributed by atoms with Crippen molar-refractivity contribution in [2.45, 2.75) is 84.8 Å². The Morgan fingerprint density at radius 3 is 2.38 bits per heavy atom. The fourth-order valence-electron chi connectivity index (χ4n) is 3.53. The van der Waals surface area contributed by atoms with Crippen molar-refractivity contribution in [2.75, 3.05) is 6.54 Å². The van der Waals surface area contributed by atoms with Crippen LogP contribution in [0.1, 0.15) is 63.0 Å². The number of carbonyl (C=O) groups excluding carboxylic acids is 1. The van der Waals surface area contributed by atoms with Crippen molar-refractivity contribution in [3.63, 3.8) is 0 Å². The molecule has 7 heteroatoms. The van der Waals surface area contributed by atoms with Gasteiger partial charge < -0.3 is 24.7 Å². The molecule has 6 nitrogen and oxygen atoms in total. The summed E-state index contributed by atoms with van der Waals surface area (Å²) in [5.41, 5.74) is 3.52. The summed E-state index contributed by atoms with van der Waals surface area (Å²) < 4.78 is 12.0. The Labute approximate surface area is 205 Å². The number of esters is 1. The molecule has 0 aliphatic rings. The number of aliphatic hydroxyl groups excluding tert-OH is 1. The van der Waals surface area contributed by atoms with Crippen LogP contribution in [0.15, 0.2) is 36.4 Å². The highest BCUT2D eigenvalue weighted by Gasteiger charge is 2.39. The number of hydrogen-bond donors (Lipinski definition) is 3. The van der Waals surface area contributed by atoms with Gasteiger partial charge >= 0.3 is 5.97 Å². The van der Waals surface area contributed by atoms with Crippen LogP contribution in [-0.4, -0.2) is 37.1 Å². The topological polar surface area (TPSA) is 88.0 Å². The first-order chi connectivity index (χ1) is 15.7. The summed E-state index contributed by atoms with van der Waals surface area (Å²) in [5.74, 6) is 0.357. The minimum atomic E-state index is -2.07. The van der Waals surface area contributed by atoms with Gasteiger partial charge in [-0.2, -0.15) is 0 Å². The maximum absolute atomic E-state index is 11.2. The van der Waals surface area contributed by atoms with Crippen molar-refractivity contribution >= 4 is 14.3 Å². The lowest BCUT2D eigenvalue weighted by atomic mass is 10.0. The minimum Gasteiger partial charge on any atom is -0.508 e. The third-order valence-electron chi connectivity index (χ3n) is 6.58. The minimum absolute atomic E-state index is 0.0504. The highest BCUT2D eigenvalue weighted by atomic mass is 28.4. The molecule has 3 N–H and O–H groups in total. The number of carbonyl (C=O) groups is 1. The first-order valence-electron chi connectivity index (χ1n) is 11.8. The van der Waals surface area contributed by atoms with Gasteiger partial charge in [-0.05, 0) is 73.3 Å². The first-order valence-corrected chi connectivity index (χ1v) is 14.8. The molecule has 0 aliphatic carbocycles. The molecule has 2 rings (SSSR count). The Bertz CT molecular complexity index is 983. The molecule has 0 aromatic heterocycles. The lowest BCUT2D eigenvalue weighted by Gasteiger charge is -2.40. The monoisotopic (exact) mass is 487 g/mol. The average Bonchev–Trinajstić information content (AvgIpc) is 2.72. The quantitative estimate of drug-likeness (QED) is 0.236. The summed E-state index contributed by atoms with van der Waals surface area (Å²) in [4.78, 5) is 11.2. The number of hydrogen-bond acceptors (Lipinski definition) is 6. The smallest absolute Gasteiger partial charge is 0.308 e. The Kier molecular flexibility index (Phi) is 9.48. The number of rotatable bonds is 10. The van der Waals surface area contributed by atoms with Gasteiger partial charge in [-0.25, -0.2) is 0 Å². The summed E-state index contributed by atoms with van der Waals surface area (Å²) in [6, 6.07) is 11.4. The van der Waals surface area contributed by atoms with Gasteiger partial charge in [0.25, 0.3) is 0 Å². The molecule has 2 aromatic rings. The molecule has 0 aliphatic heterocycles. The molecular formula is C27H41NO5Si. The molecule has 0 unspecified atom stereocenters. The molecule has 0 saturated carbocycles. The number of aryl methyl sites for hydroxylation is 1. The maximum atomic E-state index is 11.2. The Balaban J connectivity index is 2.16. The van der Waals surface area contributed by atoms with E-state index in [1.807, 2.05) is 37.3 Å². The van der Waals surface area contributed by atoms with Crippen LogP contribution in [0.5, 0.6) is 11.5 Å². The van der Waals surface area contributed by atoms with Gasteiger partial charge in [0.15, 0.2) is 8.32 Å². The zero-order chi connectivity index (χ0) is 25.7. The summed E-state index contributed by atoms with van der Waals surface area (Å²) in [6.45, 7) is 16.9. The second kappa shape index (κ2) is 11.5. The number of nitrogens with one attached hydrogen (secondary N) is 1. The Morgan fingerprint density at radius 2 is 1.82 bits per heavy atom. The normalized spacial score (nSPS) is 14.0. The Hall–Kier alpha value is -2.19. The van der Waals surface area contributed by atoms with Crippen molar-refractivity contribution in [1.29, 1.82) is 0 Å². The van der Waals surface area contributed by atoms with E-state index >= 15 is 0 Å². The average molecular weight is 488 g/mol. The third-order valence-corrected chi connectivity index (χ3v) is 11.1. The zero-order valence-corrected chi connectivity index (χ0v) is 22.9. The number of phenols is 1. The largest absolute Gasteiger partial charge is 0.508 e. The van der Waals surface area contributed by atoms with Crippen LogP contribution in [0.4, 0.5) is 0 Å². The predicted octanol–water partition coefficient (Wildman–Crippen LogP) is 5.40. The van der Waals surface area contributed by atoms with Crippen molar-refractivity contribution < 1.29 is 24.2 Å². The molecule has 188 valence electrons. The van der Waals surface area contributed by atoms with E-state index in [1.54, 1.807) is 6.07 Å². The van der Waals surface area contributed by atoms with E-state index in [2.05, 4.69) is 46.1 Å². The Morgan fingerprint density at radius 1 is 1.15 bits per heavy atom. The van der Waals surface area contributed by atoms with Gasteiger partial charge in [-0.1, -0.05) is 39.0 Å². The van der Waals surface area contributed by atoms with Gasteiger partial charge in [-0.15, -0.1) is 0 Å². The van der Waals surface area contributed by atoms with Gasteiger partial charge in [0.2, 0.25) is 0 Å². The van der Waals surface area contributed by atoms with E-state index in [9.17, 15) is 15.0 Å². The summed E-state index contributed by atoms with van der Waals surface area (Å²) in [7, 11) is -2.07. The number of benzene rings is 2. The molecular weight excluding hydrogens is 446 g/mol. The van der Waals surface area contributed by atoms with Crippen molar-refractivity contribution in [2.24, 2.45) is 0 Å². The molecule has 0 radical (unpaired) electrons. The standard InChI is InChI=1S/C27H41NO5Si/c1-18-13-21(9-12-25(18)32-20(3)30)14-19(2)28-16-26(33-34(7,8)27(4,5)6)22-10-11-24(31)23(15-22)17-29/h9-13,15,19,26,28-29,31H,14,16-17H2,1-8H3/t19-,26+/m1/s1. The van der Waals surface area contributed by atoms with Crippen LogP contribution in [-0.2, 0) is 22.2 Å². The van der Waals surface area contributed by atoms with E-state index in [0.29, 0.717) is 17.9 Å². The van der Waals surface area contributed by atoms with E-state index in [4.69, 9.17) is 9.16 Å². The van der Waals surface area contributed by atoms with Crippen molar-refractivity contribution in [3.05, 3.63) is 58.7 Å². The molecule has 0 amide bonds. The molecule has 0 saturated heterocycles. The second-order valence-electron chi connectivity index (χ2n) is 10.6. The van der Waals surface area contributed by atoms with Crippen LogP contribution >= 0.6 is 0 Å². The van der Waals surface area contributed by atoms with Crippen molar-refractivity contribution in [3.8, 4) is 11.5 Å². The highest BCUT2D eigenvalue weighted by molar-refractivity contribution is 6.74. The molecule has 0 bridgehead atoms. The second-order valence-corrected chi connectivity index (χ2v) is 15.4. The number of ether oxygens (including phenoxy) is 1. The summed E-state index contributed by atoms with van der Waals surface area (Å²) >= 11 is 0. The maximum Gasteiger partial charge on any atom is 0.308 e. The number of aromatic hydroxyl groups is 1. The molecule has 2 atom stereocenters.